The van der Waals surface area contributed by atoms with Gasteiger partial charge >= 0.3 is 0 Å². The second-order valence-electron chi connectivity index (χ2n) is 4.03. The van der Waals surface area contributed by atoms with Gasteiger partial charge in [0.15, 0.2) is 0 Å². The Balaban J connectivity index is 0. The molecule has 6 heteroatoms. The van der Waals surface area contributed by atoms with E-state index in [2.05, 4.69) is 13.8 Å². The van der Waals surface area contributed by atoms with Crippen LogP contribution in [0.25, 0.3) is 0 Å². The molecule has 0 aliphatic carbocycles. The lowest BCUT2D eigenvalue weighted by Gasteiger charge is -2.12. The third-order valence-electron chi connectivity index (χ3n) is 2.57. The highest BCUT2D eigenvalue weighted by Gasteiger charge is 2.37. The lowest BCUT2D eigenvalue weighted by atomic mass is 10.4. The number of primary amides is 1. The number of carbonyl (C=O) groups is 3. The molecule has 0 saturated carbocycles. The molecule has 2 N–H and O–H groups in total. The van der Waals surface area contributed by atoms with Crippen molar-refractivity contribution in [1.82, 2.24) is 4.90 Å². The molecule has 1 saturated heterocycles. The van der Waals surface area contributed by atoms with E-state index in [1.54, 1.807) is 6.26 Å². The van der Waals surface area contributed by atoms with Gasteiger partial charge in [-0.15, -0.1) is 0 Å². The molecule has 1 unspecified atom stereocenters. The molecule has 1 heterocycles. The number of imide groups is 1. The molecule has 1 atom stereocenters. The van der Waals surface area contributed by atoms with Gasteiger partial charge in [-0.1, -0.05) is 40.5 Å². The van der Waals surface area contributed by atoms with Crippen molar-refractivity contribution in [2.75, 3.05) is 12.8 Å². The van der Waals surface area contributed by atoms with E-state index in [4.69, 9.17) is 5.73 Å². The topological polar surface area (TPSA) is 80.5 Å². The maximum Gasteiger partial charge on any atom is 0.242 e. The Morgan fingerprint density at radius 3 is 2.10 bits per heavy atom. The Hall–Kier alpha value is -1.04. The van der Waals surface area contributed by atoms with Gasteiger partial charge in [0.05, 0.1) is 5.25 Å². The zero-order chi connectivity index (χ0) is 16.1. The van der Waals surface area contributed by atoms with E-state index in [1.165, 1.54) is 24.6 Å². The molecule has 0 radical (unpaired) electrons. The monoisotopic (exact) mass is 304 g/mol. The highest BCUT2D eigenvalue weighted by molar-refractivity contribution is 8.00. The number of amides is 3. The van der Waals surface area contributed by atoms with E-state index >= 15 is 0 Å². The van der Waals surface area contributed by atoms with Gasteiger partial charge in [0.2, 0.25) is 17.7 Å². The first kappa shape index (κ1) is 21.3. The summed E-state index contributed by atoms with van der Waals surface area (Å²) in [6, 6.07) is 0. The van der Waals surface area contributed by atoms with Crippen LogP contribution in [0, 0.1) is 0 Å². The summed E-state index contributed by atoms with van der Waals surface area (Å²) in [7, 11) is 0. The van der Waals surface area contributed by atoms with Crippen LogP contribution in [-0.2, 0) is 14.4 Å². The first-order chi connectivity index (χ1) is 9.47. The van der Waals surface area contributed by atoms with Crippen LogP contribution in [0.15, 0.2) is 0 Å². The fourth-order valence-corrected chi connectivity index (χ4v) is 1.93. The van der Waals surface area contributed by atoms with Gasteiger partial charge in [-0.05, 0) is 6.26 Å². The molecule has 1 fully saturated rings. The van der Waals surface area contributed by atoms with Crippen LogP contribution in [0.2, 0.25) is 0 Å². The molecule has 3 amide bonds. The number of hydrogen-bond donors (Lipinski definition) is 1. The summed E-state index contributed by atoms with van der Waals surface area (Å²) in [6.45, 7) is 8.48. The van der Waals surface area contributed by atoms with Gasteiger partial charge in [-0.3, -0.25) is 19.3 Å². The molecule has 20 heavy (non-hydrogen) atoms. The van der Waals surface area contributed by atoms with Gasteiger partial charge in [0.25, 0.3) is 0 Å². The minimum absolute atomic E-state index is 0.0403. The Labute approximate surface area is 126 Å². The van der Waals surface area contributed by atoms with Gasteiger partial charge in [-0.2, -0.15) is 11.8 Å². The number of nitrogens with zero attached hydrogens (tertiary/aromatic N) is 1. The summed E-state index contributed by atoms with van der Waals surface area (Å²) >= 11 is 1.35. The van der Waals surface area contributed by atoms with Crippen molar-refractivity contribution in [3.05, 3.63) is 0 Å². The molecule has 118 valence electrons. The van der Waals surface area contributed by atoms with Crippen molar-refractivity contribution in [2.24, 2.45) is 5.73 Å². The highest BCUT2D eigenvalue weighted by atomic mass is 32.2. The summed E-state index contributed by atoms with van der Waals surface area (Å²) in [5.74, 6) is -0.919. The summed E-state index contributed by atoms with van der Waals surface area (Å²) in [6.07, 6.45) is 4.70. The molecule has 1 rings (SSSR count). The van der Waals surface area contributed by atoms with E-state index in [9.17, 15) is 14.4 Å². The Morgan fingerprint density at radius 1 is 1.30 bits per heavy atom. The van der Waals surface area contributed by atoms with Crippen molar-refractivity contribution in [2.45, 2.75) is 58.6 Å². The molecule has 0 spiro atoms. The predicted molar refractivity (Wildman–Crippen MR) is 84.4 cm³/mol. The first-order valence-electron chi connectivity index (χ1n) is 7.13. The second-order valence-corrected chi connectivity index (χ2v) is 5.07. The molecular weight excluding hydrogens is 276 g/mol. The highest BCUT2D eigenvalue weighted by Crippen LogP contribution is 2.22. The average Bonchev–Trinajstić information content (AvgIpc) is 2.73. The molecule has 0 aromatic carbocycles. The zero-order valence-electron chi connectivity index (χ0n) is 13.3. The molecule has 5 nitrogen and oxygen atoms in total. The standard InChI is InChI=1S/C8H12N2O3S.C4H10.C2H6/c1-14-5-4-7(12)10(8(5)13)3-2-6(9)11;1-3-4-2;1-2/h5H,2-4H2,1H3,(H2,9,11);3-4H2,1-2H3;1-2H3. The van der Waals surface area contributed by atoms with E-state index < -0.39 is 5.91 Å². The van der Waals surface area contributed by atoms with Crippen LogP contribution >= 0.6 is 11.8 Å². The quantitative estimate of drug-likeness (QED) is 0.789. The van der Waals surface area contributed by atoms with E-state index in [1.807, 2.05) is 13.8 Å². The lowest BCUT2D eigenvalue weighted by molar-refractivity contribution is -0.138. The fraction of sp³-hybridized carbons (Fsp3) is 0.786. The zero-order valence-corrected chi connectivity index (χ0v) is 14.1. The predicted octanol–water partition coefficient (Wildman–Crippen LogP) is 2.18. The molecular formula is C14H28N2O3S. The molecule has 1 aliphatic rings. The van der Waals surface area contributed by atoms with Crippen molar-refractivity contribution < 1.29 is 14.4 Å². The summed E-state index contributed by atoms with van der Waals surface area (Å²) in [5, 5.41) is -0.282. The normalized spacial score (nSPS) is 17.1. The Kier molecular flexibility index (Phi) is 13.8. The minimum Gasteiger partial charge on any atom is -0.370 e. The van der Waals surface area contributed by atoms with Crippen molar-refractivity contribution in [3.63, 3.8) is 0 Å². The largest absolute Gasteiger partial charge is 0.370 e. The Morgan fingerprint density at radius 2 is 1.80 bits per heavy atom. The van der Waals surface area contributed by atoms with Gasteiger partial charge in [-0.25, -0.2) is 0 Å². The number of hydrogen-bond acceptors (Lipinski definition) is 4. The van der Waals surface area contributed by atoms with Crippen molar-refractivity contribution in [3.8, 4) is 0 Å². The van der Waals surface area contributed by atoms with Crippen LogP contribution in [0.4, 0.5) is 0 Å². The third-order valence-corrected chi connectivity index (χ3v) is 3.51. The van der Waals surface area contributed by atoms with Gasteiger partial charge in [0, 0.05) is 19.4 Å². The smallest absolute Gasteiger partial charge is 0.242 e. The average molecular weight is 304 g/mol. The van der Waals surface area contributed by atoms with E-state index in [0.717, 1.165) is 4.90 Å². The summed E-state index contributed by atoms with van der Waals surface area (Å²) in [4.78, 5) is 34.4. The van der Waals surface area contributed by atoms with Crippen molar-refractivity contribution in [1.29, 1.82) is 0 Å². The molecule has 1 aliphatic heterocycles. The number of thioether (sulfide) groups is 1. The van der Waals surface area contributed by atoms with Crippen LogP contribution < -0.4 is 5.73 Å². The number of rotatable bonds is 5. The van der Waals surface area contributed by atoms with Crippen LogP contribution in [0.5, 0.6) is 0 Å². The summed E-state index contributed by atoms with van der Waals surface area (Å²) in [5.41, 5.74) is 4.94. The van der Waals surface area contributed by atoms with Gasteiger partial charge in [0.1, 0.15) is 0 Å². The lowest BCUT2D eigenvalue weighted by Crippen LogP contribution is -2.34. The Bertz CT molecular complexity index is 307. The molecule has 0 aromatic rings. The number of unbranched alkanes of at least 4 members (excludes halogenated alkanes) is 1. The minimum atomic E-state index is -0.502. The van der Waals surface area contributed by atoms with Crippen molar-refractivity contribution >= 4 is 29.5 Å². The van der Waals surface area contributed by atoms with Gasteiger partial charge < -0.3 is 5.73 Å². The second kappa shape index (κ2) is 13.0. The molecule has 0 aromatic heterocycles. The maximum atomic E-state index is 11.5. The van der Waals surface area contributed by atoms with E-state index in [0.29, 0.717) is 0 Å². The number of nitrogens with two attached hydrogens (primary N) is 1. The van der Waals surface area contributed by atoms with Crippen LogP contribution in [0.1, 0.15) is 53.4 Å². The fourth-order valence-electron chi connectivity index (χ4n) is 1.29. The number of likely N-dealkylation sites (tertiary alicyclic amines) is 1. The van der Waals surface area contributed by atoms with Crippen LogP contribution in [0.3, 0.4) is 0 Å². The first-order valence-corrected chi connectivity index (χ1v) is 8.41. The van der Waals surface area contributed by atoms with E-state index in [-0.39, 0.29) is 36.5 Å². The summed E-state index contributed by atoms with van der Waals surface area (Å²) < 4.78 is 0. The van der Waals surface area contributed by atoms with Crippen LogP contribution in [-0.4, -0.2) is 40.7 Å². The SMILES string of the molecule is CC.CCCC.CSC1CC(=O)N(CCC(N)=O)C1=O. The third kappa shape index (κ3) is 8.19. The maximum absolute atomic E-state index is 11.5. The number of carbonyl (C=O) groups excluding carboxylic acids is 3. The molecule has 0 bridgehead atoms.